The number of hydrogen-bond donors (Lipinski definition) is 1. The average molecular weight is 396 g/mol. The van der Waals surface area contributed by atoms with Gasteiger partial charge in [0.1, 0.15) is 24.0 Å². The van der Waals surface area contributed by atoms with Crippen LogP contribution >= 0.6 is 0 Å². The highest BCUT2D eigenvalue weighted by Crippen LogP contribution is 2.24. The number of benzene rings is 3. The summed E-state index contributed by atoms with van der Waals surface area (Å²) >= 11 is 0. The third-order valence-electron chi connectivity index (χ3n) is 4.91. The molecule has 0 saturated heterocycles. The number of para-hydroxylation sites is 1. The molecule has 0 fully saturated rings. The van der Waals surface area contributed by atoms with Crippen molar-refractivity contribution >= 4 is 17.7 Å². The molecule has 0 atom stereocenters. The molecule has 150 valence electrons. The van der Waals surface area contributed by atoms with Gasteiger partial charge in [0.15, 0.2) is 0 Å². The normalized spacial score (nSPS) is 10.9. The van der Waals surface area contributed by atoms with Crippen LogP contribution in [0.2, 0.25) is 0 Å². The summed E-state index contributed by atoms with van der Waals surface area (Å²) in [6, 6.07) is 23.2. The molecule has 4 heteroatoms. The molecule has 0 heterocycles. The molecule has 3 aromatic carbocycles. The van der Waals surface area contributed by atoms with Crippen LogP contribution in [0.3, 0.4) is 0 Å². The molecule has 0 saturated carbocycles. The first kappa shape index (κ1) is 20.9. The predicted octanol–water partition coefficient (Wildman–Crippen LogP) is 5.74. The van der Waals surface area contributed by atoms with Crippen molar-refractivity contribution in [2.24, 2.45) is 0 Å². The predicted molar refractivity (Wildman–Crippen MR) is 120 cm³/mol. The van der Waals surface area contributed by atoms with Crippen LogP contribution in [0.25, 0.3) is 6.08 Å². The average Bonchev–Trinajstić information content (AvgIpc) is 2.74. The van der Waals surface area contributed by atoms with E-state index in [1.165, 1.54) is 5.56 Å². The molecule has 0 spiro atoms. The Hall–Kier alpha value is -3.84. The maximum atomic E-state index is 12.7. The molecular weight excluding hydrogens is 372 g/mol. The Morgan fingerprint density at radius 3 is 2.57 bits per heavy atom. The Morgan fingerprint density at radius 1 is 1.03 bits per heavy atom. The van der Waals surface area contributed by atoms with Gasteiger partial charge in [-0.3, -0.25) is 4.79 Å². The highest BCUT2D eigenvalue weighted by molar-refractivity contribution is 6.10. The van der Waals surface area contributed by atoms with E-state index in [-0.39, 0.29) is 5.57 Å². The summed E-state index contributed by atoms with van der Waals surface area (Å²) in [7, 11) is 0. The van der Waals surface area contributed by atoms with Gasteiger partial charge in [0.25, 0.3) is 5.91 Å². The van der Waals surface area contributed by atoms with Gasteiger partial charge >= 0.3 is 0 Å². The lowest BCUT2D eigenvalue weighted by Gasteiger charge is -2.11. The zero-order valence-corrected chi connectivity index (χ0v) is 17.4. The van der Waals surface area contributed by atoms with Gasteiger partial charge in [-0.1, -0.05) is 60.2 Å². The van der Waals surface area contributed by atoms with Gasteiger partial charge in [0.2, 0.25) is 0 Å². The highest BCUT2D eigenvalue weighted by Gasteiger charge is 2.13. The van der Waals surface area contributed by atoms with E-state index in [9.17, 15) is 10.1 Å². The van der Waals surface area contributed by atoms with Crippen molar-refractivity contribution in [1.29, 1.82) is 5.26 Å². The van der Waals surface area contributed by atoms with Crippen molar-refractivity contribution in [3.05, 3.63) is 100 Å². The van der Waals surface area contributed by atoms with Crippen LogP contribution in [0.5, 0.6) is 5.75 Å². The second kappa shape index (κ2) is 9.58. The number of anilines is 1. The van der Waals surface area contributed by atoms with Crippen LogP contribution in [0, 0.1) is 32.1 Å². The zero-order chi connectivity index (χ0) is 21.5. The first-order valence-corrected chi connectivity index (χ1v) is 9.74. The molecule has 1 N–H and O–H groups in total. The maximum Gasteiger partial charge on any atom is 0.266 e. The molecule has 1 amide bonds. The Kier molecular flexibility index (Phi) is 6.67. The van der Waals surface area contributed by atoms with E-state index in [1.54, 1.807) is 6.08 Å². The van der Waals surface area contributed by atoms with Gasteiger partial charge in [-0.15, -0.1) is 0 Å². The van der Waals surface area contributed by atoms with Crippen molar-refractivity contribution in [1.82, 2.24) is 0 Å². The fraction of sp³-hybridized carbons (Fsp3) is 0.154. The van der Waals surface area contributed by atoms with E-state index < -0.39 is 5.91 Å². The maximum absolute atomic E-state index is 12.7. The number of ether oxygens (including phenoxy) is 1. The largest absolute Gasteiger partial charge is 0.488 e. The Labute approximate surface area is 177 Å². The number of carbonyl (C=O) groups is 1. The number of hydrogen-bond acceptors (Lipinski definition) is 3. The fourth-order valence-electron chi connectivity index (χ4n) is 3.07. The number of aryl methyl sites for hydroxylation is 2. The number of nitrogens with zero attached hydrogens (tertiary/aromatic N) is 1. The quantitative estimate of drug-likeness (QED) is 0.427. The number of rotatable bonds is 6. The molecule has 4 nitrogen and oxygen atoms in total. The molecular formula is C26H24N2O2. The second-order valence-corrected chi connectivity index (χ2v) is 7.19. The summed E-state index contributed by atoms with van der Waals surface area (Å²) in [6.07, 6.45) is 1.56. The van der Waals surface area contributed by atoms with Crippen LogP contribution in [0.1, 0.15) is 27.8 Å². The summed E-state index contributed by atoms with van der Waals surface area (Å²) in [5, 5.41) is 12.4. The lowest BCUT2D eigenvalue weighted by molar-refractivity contribution is -0.112. The fourth-order valence-corrected chi connectivity index (χ4v) is 3.07. The zero-order valence-electron chi connectivity index (χ0n) is 17.4. The minimum atomic E-state index is -0.445. The SMILES string of the molecule is Cc1cccc(COc2ccccc2/C=C(\C#N)C(=O)Nc2cccc(C)c2C)c1. The number of carbonyl (C=O) groups excluding carboxylic acids is 1. The molecule has 0 bridgehead atoms. The Morgan fingerprint density at radius 2 is 1.80 bits per heavy atom. The van der Waals surface area contributed by atoms with Crippen LogP contribution in [-0.4, -0.2) is 5.91 Å². The van der Waals surface area contributed by atoms with Crippen LogP contribution < -0.4 is 10.1 Å². The minimum Gasteiger partial charge on any atom is -0.488 e. The highest BCUT2D eigenvalue weighted by atomic mass is 16.5. The first-order valence-electron chi connectivity index (χ1n) is 9.74. The van der Waals surface area contributed by atoms with Gasteiger partial charge in [0, 0.05) is 11.3 Å². The first-order chi connectivity index (χ1) is 14.5. The molecule has 3 aromatic rings. The van der Waals surface area contributed by atoms with E-state index in [0.29, 0.717) is 23.6 Å². The van der Waals surface area contributed by atoms with E-state index >= 15 is 0 Å². The summed E-state index contributed by atoms with van der Waals surface area (Å²) < 4.78 is 5.97. The number of amides is 1. The second-order valence-electron chi connectivity index (χ2n) is 7.19. The molecule has 0 aromatic heterocycles. The summed E-state index contributed by atoms with van der Waals surface area (Å²) in [6.45, 7) is 6.36. The van der Waals surface area contributed by atoms with Gasteiger partial charge in [-0.25, -0.2) is 0 Å². The van der Waals surface area contributed by atoms with Crippen LogP contribution in [0.15, 0.2) is 72.3 Å². The third kappa shape index (κ3) is 5.15. The van der Waals surface area contributed by atoms with Crippen molar-refractivity contribution < 1.29 is 9.53 Å². The van der Waals surface area contributed by atoms with E-state index in [2.05, 4.69) is 11.4 Å². The standard InChI is InChI=1S/C26H24N2O2/c1-18-8-6-10-21(14-18)17-30-25-13-5-4-11-22(25)15-23(16-27)26(29)28-24-12-7-9-19(2)20(24)3/h4-15H,17H2,1-3H3,(H,28,29)/b23-15+. The van der Waals surface area contributed by atoms with Crippen LogP contribution in [0.4, 0.5) is 5.69 Å². The van der Waals surface area contributed by atoms with Gasteiger partial charge in [0.05, 0.1) is 0 Å². The van der Waals surface area contributed by atoms with Crippen molar-refractivity contribution in [3.8, 4) is 11.8 Å². The molecule has 0 aliphatic carbocycles. The minimum absolute atomic E-state index is 0.0162. The van der Waals surface area contributed by atoms with E-state index in [1.807, 2.05) is 87.5 Å². The van der Waals surface area contributed by atoms with E-state index in [4.69, 9.17) is 4.74 Å². The van der Waals surface area contributed by atoms with Gasteiger partial charge < -0.3 is 10.1 Å². The smallest absolute Gasteiger partial charge is 0.266 e. The molecule has 30 heavy (non-hydrogen) atoms. The molecule has 0 aliphatic rings. The van der Waals surface area contributed by atoms with Crippen LogP contribution in [-0.2, 0) is 11.4 Å². The third-order valence-corrected chi connectivity index (χ3v) is 4.91. The Balaban J connectivity index is 1.81. The van der Waals surface area contributed by atoms with Crippen molar-refractivity contribution in [2.45, 2.75) is 27.4 Å². The lowest BCUT2D eigenvalue weighted by atomic mass is 10.1. The topological polar surface area (TPSA) is 62.1 Å². The molecule has 3 rings (SSSR count). The molecule has 0 radical (unpaired) electrons. The van der Waals surface area contributed by atoms with E-state index in [0.717, 1.165) is 16.7 Å². The summed E-state index contributed by atoms with van der Waals surface area (Å²) in [5.74, 6) is 0.172. The van der Waals surface area contributed by atoms with Crippen molar-refractivity contribution in [3.63, 3.8) is 0 Å². The monoisotopic (exact) mass is 396 g/mol. The molecule has 0 unspecified atom stereocenters. The lowest BCUT2D eigenvalue weighted by Crippen LogP contribution is -2.14. The molecule has 0 aliphatic heterocycles. The summed E-state index contributed by atoms with van der Waals surface area (Å²) in [4.78, 5) is 12.7. The van der Waals surface area contributed by atoms with Gasteiger partial charge in [-0.05, 0) is 55.7 Å². The Bertz CT molecular complexity index is 1140. The number of nitrogens with one attached hydrogen (secondary N) is 1. The summed E-state index contributed by atoms with van der Waals surface area (Å²) in [5.41, 5.74) is 5.67. The number of nitriles is 1. The van der Waals surface area contributed by atoms with Crippen molar-refractivity contribution in [2.75, 3.05) is 5.32 Å². The van der Waals surface area contributed by atoms with Gasteiger partial charge in [-0.2, -0.15) is 5.26 Å².